The van der Waals surface area contributed by atoms with Crippen LogP contribution in [-0.2, 0) is 14.8 Å². The van der Waals surface area contributed by atoms with E-state index in [1.165, 1.54) is 42.5 Å². The van der Waals surface area contributed by atoms with Gasteiger partial charge in [-0.25, -0.2) is 13.4 Å². The minimum Gasteiger partial charge on any atom is -0.336 e. The van der Waals surface area contributed by atoms with E-state index in [0.717, 1.165) is 17.8 Å². The topological polar surface area (TPSA) is 112 Å². The van der Waals surface area contributed by atoms with Crippen LogP contribution in [0.25, 0.3) is 10.2 Å². The molecular formula is C21H23N5O4S2. The molecule has 1 saturated heterocycles. The van der Waals surface area contributed by atoms with Crippen molar-refractivity contribution < 1.29 is 18.0 Å². The van der Waals surface area contributed by atoms with Crippen molar-refractivity contribution in [1.82, 2.24) is 14.8 Å². The summed E-state index contributed by atoms with van der Waals surface area (Å²) in [5.41, 5.74) is 1.69. The van der Waals surface area contributed by atoms with Crippen LogP contribution in [0.2, 0.25) is 0 Å². The van der Waals surface area contributed by atoms with Crippen LogP contribution in [0.4, 0.5) is 10.8 Å². The summed E-state index contributed by atoms with van der Waals surface area (Å²) in [6.45, 7) is 4.42. The van der Waals surface area contributed by atoms with Crippen LogP contribution in [0.5, 0.6) is 0 Å². The Morgan fingerprint density at radius 3 is 2.38 bits per heavy atom. The lowest BCUT2D eigenvalue weighted by Gasteiger charge is -2.32. The number of likely N-dealkylation sites (N-methyl/N-ethyl adjacent to an activating group) is 1. The molecule has 1 aliphatic heterocycles. The number of hydrogen-bond donors (Lipinski definition) is 2. The molecule has 0 bridgehead atoms. The molecule has 1 aliphatic rings. The van der Waals surface area contributed by atoms with E-state index in [0.29, 0.717) is 29.9 Å². The van der Waals surface area contributed by atoms with Gasteiger partial charge >= 0.3 is 0 Å². The van der Waals surface area contributed by atoms with Gasteiger partial charge in [0.15, 0.2) is 5.13 Å². The SMILES string of the molecule is CC(=O)Nc1ccc(S(=O)(=O)Nc2nc3ccc(C(=O)N4CCN(C)CC4)cc3s2)cc1. The van der Waals surface area contributed by atoms with Gasteiger partial charge in [-0.1, -0.05) is 11.3 Å². The molecule has 0 spiro atoms. The third kappa shape index (κ3) is 4.90. The number of anilines is 2. The van der Waals surface area contributed by atoms with Gasteiger partial charge in [-0.05, 0) is 49.5 Å². The van der Waals surface area contributed by atoms with Gasteiger partial charge in [0.1, 0.15) is 0 Å². The molecule has 9 nitrogen and oxygen atoms in total. The third-order valence-corrected chi connectivity index (χ3v) is 7.55. The maximum atomic E-state index is 12.8. The van der Waals surface area contributed by atoms with E-state index < -0.39 is 10.0 Å². The molecule has 2 aromatic carbocycles. The van der Waals surface area contributed by atoms with Crippen molar-refractivity contribution in [1.29, 1.82) is 0 Å². The number of amides is 2. The van der Waals surface area contributed by atoms with Crippen LogP contribution >= 0.6 is 11.3 Å². The van der Waals surface area contributed by atoms with Gasteiger partial charge in [0.2, 0.25) is 5.91 Å². The molecule has 2 heterocycles. The van der Waals surface area contributed by atoms with Gasteiger partial charge in [-0.15, -0.1) is 0 Å². The van der Waals surface area contributed by atoms with Gasteiger partial charge in [0, 0.05) is 44.4 Å². The van der Waals surface area contributed by atoms with Crippen LogP contribution in [0, 0.1) is 0 Å². The first-order valence-electron chi connectivity index (χ1n) is 10.0. The summed E-state index contributed by atoms with van der Waals surface area (Å²) >= 11 is 1.17. The normalized spacial score (nSPS) is 15.0. The van der Waals surface area contributed by atoms with Crippen LogP contribution in [0.3, 0.4) is 0 Å². The number of carbonyl (C=O) groups excluding carboxylic acids is 2. The molecule has 0 radical (unpaired) electrons. The van der Waals surface area contributed by atoms with E-state index in [2.05, 4.69) is 19.9 Å². The second-order valence-corrected chi connectivity index (χ2v) is 10.3. The fourth-order valence-corrected chi connectivity index (χ4v) is 5.53. The van der Waals surface area contributed by atoms with E-state index in [4.69, 9.17) is 0 Å². The molecule has 32 heavy (non-hydrogen) atoms. The lowest BCUT2D eigenvalue weighted by Crippen LogP contribution is -2.47. The first-order chi connectivity index (χ1) is 15.2. The Labute approximate surface area is 190 Å². The number of thiazole rings is 1. The number of rotatable bonds is 5. The molecular weight excluding hydrogens is 450 g/mol. The van der Waals surface area contributed by atoms with Crippen molar-refractivity contribution in [2.24, 2.45) is 0 Å². The minimum absolute atomic E-state index is 0.0326. The fraction of sp³-hybridized carbons (Fsp3) is 0.286. The van der Waals surface area contributed by atoms with Gasteiger partial charge in [0.25, 0.3) is 15.9 Å². The molecule has 4 rings (SSSR count). The molecule has 1 fully saturated rings. The molecule has 11 heteroatoms. The Bertz CT molecular complexity index is 1260. The number of benzene rings is 2. The average molecular weight is 474 g/mol. The molecule has 2 amide bonds. The molecule has 168 valence electrons. The molecule has 0 unspecified atom stereocenters. The predicted molar refractivity (Wildman–Crippen MR) is 125 cm³/mol. The molecule has 2 N–H and O–H groups in total. The number of fused-ring (bicyclic) bond motifs is 1. The number of nitrogens with zero attached hydrogens (tertiary/aromatic N) is 3. The van der Waals surface area contributed by atoms with E-state index in [1.807, 2.05) is 11.9 Å². The predicted octanol–water partition coefficient (Wildman–Crippen LogP) is 2.44. The van der Waals surface area contributed by atoms with Crippen LogP contribution in [0.15, 0.2) is 47.4 Å². The molecule has 0 saturated carbocycles. The van der Waals surface area contributed by atoms with Crippen molar-refractivity contribution in [3.63, 3.8) is 0 Å². The monoisotopic (exact) mass is 473 g/mol. The smallest absolute Gasteiger partial charge is 0.263 e. The van der Waals surface area contributed by atoms with Crippen LogP contribution < -0.4 is 10.0 Å². The van der Waals surface area contributed by atoms with E-state index >= 15 is 0 Å². The zero-order chi connectivity index (χ0) is 22.9. The maximum Gasteiger partial charge on any atom is 0.263 e. The van der Waals surface area contributed by atoms with Crippen molar-refractivity contribution in [2.75, 3.05) is 43.3 Å². The Morgan fingerprint density at radius 1 is 1.03 bits per heavy atom. The number of nitrogens with one attached hydrogen (secondary N) is 2. The molecule has 0 atom stereocenters. The van der Waals surface area contributed by atoms with Crippen LogP contribution in [0.1, 0.15) is 17.3 Å². The summed E-state index contributed by atoms with van der Waals surface area (Å²) in [4.78, 5) is 32.3. The van der Waals surface area contributed by atoms with Crippen molar-refractivity contribution in [2.45, 2.75) is 11.8 Å². The average Bonchev–Trinajstić information content (AvgIpc) is 3.14. The fourth-order valence-electron chi connectivity index (χ4n) is 3.39. The highest BCUT2D eigenvalue weighted by Gasteiger charge is 2.22. The second kappa shape index (κ2) is 8.85. The Kier molecular flexibility index (Phi) is 6.13. The van der Waals surface area contributed by atoms with E-state index in [-0.39, 0.29) is 21.8 Å². The number of sulfonamides is 1. The Morgan fingerprint density at radius 2 is 1.72 bits per heavy atom. The zero-order valence-corrected chi connectivity index (χ0v) is 19.3. The lowest BCUT2D eigenvalue weighted by atomic mass is 10.1. The van der Waals surface area contributed by atoms with Gasteiger partial charge in [0.05, 0.1) is 15.1 Å². The largest absolute Gasteiger partial charge is 0.336 e. The Balaban J connectivity index is 1.51. The highest BCUT2D eigenvalue weighted by atomic mass is 32.2. The minimum atomic E-state index is -3.85. The third-order valence-electron chi connectivity index (χ3n) is 5.13. The molecule has 1 aromatic heterocycles. The number of carbonyl (C=O) groups is 2. The lowest BCUT2D eigenvalue weighted by molar-refractivity contribution is -0.114. The van der Waals surface area contributed by atoms with Crippen molar-refractivity contribution in [3.8, 4) is 0 Å². The maximum absolute atomic E-state index is 12.8. The number of hydrogen-bond acceptors (Lipinski definition) is 7. The van der Waals surface area contributed by atoms with Crippen molar-refractivity contribution in [3.05, 3.63) is 48.0 Å². The highest BCUT2D eigenvalue weighted by Crippen LogP contribution is 2.29. The second-order valence-electron chi connectivity index (χ2n) is 7.61. The molecule has 3 aromatic rings. The van der Waals surface area contributed by atoms with Gasteiger partial charge in [-0.2, -0.15) is 0 Å². The summed E-state index contributed by atoms with van der Waals surface area (Å²) in [5, 5.41) is 2.81. The summed E-state index contributed by atoms with van der Waals surface area (Å²) < 4.78 is 28.7. The Hall–Kier alpha value is -3.02. The van der Waals surface area contributed by atoms with E-state index in [1.54, 1.807) is 18.2 Å². The summed E-state index contributed by atoms with van der Waals surface area (Å²) in [7, 11) is -1.82. The molecule has 0 aliphatic carbocycles. The summed E-state index contributed by atoms with van der Waals surface area (Å²) in [5.74, 6) is -0.270. The van der Waals surface area contributed by atoms with Crippen molar-refractivity contribution >= 4 is 54.2 Å². The van der Waals surface area contributed by atoms with Gasteiger partial charge in [-0.3, -0.25) is 14.3 Å². The number of piperazine rings is 1. The summed E-state index contributed by atoms with van der Waals surface area (Å²) in [6, 6.07) is 11.1. The standard InChI is InChI=1S/C21H23N5O4S2/c1-14(27)22-16-4-6-17(7-5-16)32(29,30)24-21-23-18-8-3-15(13-19(18)31-21)20(28)26-11-9-25(2)10-12-26/h3-8,13H,9-12H2,1-2H3,(H,22,27)(H,23,24). The first kappa shape index (κ1) is 22.2. The van der Waals surface area contributed by atoms with Crippen LogP contribution in [-0.4, -0.2) is 68.2 Å². The van der Waals surface area contributed by atoms with E-state index in [9.17, 15) is 18.0 Å². The quantitative estimate of drug-likeness (QED) is 0.589. The summed E-state index contributed by atoms with van der Waals surface area (Å²) in [6.07, 6.45) is 0. The first-order valence-corrected chi connectivity index (χ1v) is 12.3. The number of aromatic nitrogens is 1. The van der Waals surface area contributed by atoms with Gasteiger partial charge < -0.3 is 15.1 Å². The highest BCUT2D eigenvalue weighted by molar-refractivity contribution is 7.93. The zero-order valence-electron chi connectivity index (χ0n) is 17.7.